The van der Waals surface area contributed by atoms with Gasteiger partial charge >= 0.3 is 5.97 Å². The lowest BCUT2D eigenvalue weighted by molar-refractivity contribution is -0.143. The average Bonchev–Trinajstić information content (AvgIpc) is 2.02. The van der Waals surface area contributed by atoms with Crippen LogP contribution >= 0.6 is 11.6 Å². The van der Waals surface area contributed by atoms with Crippen LogP contribution in [0.25, 0.3) is 0 Å². The number of hydrogen-bond acceptors (Lipinski definition) is 3. The van der Waals surface area contributed by atoms with Gasteiger partial charge in [-0.3, -0.25) is 0 Å². The summed E-state index contributed by atoms with van der Waals surface area (Å²) in [5, 5.41) is 18.0. The van der Waals surface area contributed by atoms with Crippen molar-refractivity contribution in [1.82, 2.24) is 0 Å². The highest BCUT2D eigenvalue weighted by Crippen LogP contribution is 2.29. The average molecular weight is 216 g/mol. The number of rotatable bonds is 2. The summed E-state index contributed by atoms with van der Waals surface area (Å²) in [7, 11) is 0. The quantitative estimate of drug-likeness (QED) is 0.695. The van der Waals surface area contributed by atoms with E-state index < -0.39 is 11.5 Å². The molecule has 0 unspecified atom stereocenters. The van der Waals surface area contributed by atoms with Crippen LogP contribution in [0.5, 0.6) is 5.75 Å². The van der Waals surface area contributed by atoms with Gasteiger partial charge in [0.15, 0.2) is 0 Å². The molecule has 0 aliphatic rings. The number of carboxylic acid groups (broad SMARTS) is 1. The van der Waals surface area contributed by atoms with Crippen molar-refractivity contribution < 1.29 is 15.0 Å². The van der Waals surface area contributed by atoms with Gasteiger partial charge in [0.05, 0.1) is 0 Å². The molecule has 1 aromatic carbocycles. The van der Waals surface area contributed by atoms with E-state index in [2.05, 4.69) is 0 Å². The standard InChI is InChI=1S/C9H10ClNO3/c1-9(11,8(13)14)6-3-2-5(12)4-7(6)10/h2-4,12H,11H2,1H3,(H,13,14)/t9-/m0/s1. The van der Waals surface area contributed by atoms with Gasteiger partial charge in [-0.15, -0.1) is 0 Å². The Labute approximate surface area is 85.9 Å². The van der Waals surface area contributed by atoms with Crippen molar-refractivity contribution in [3.8, 4) is 5.75 Å². The second-order valence-corrected chi connectivity index (χ2v) is 3.58. The molecule has 0 aromatic heterocycles. The first kappa shape index (κ1) is 10.8. The van der Waals surface area contributed by atoms with Crippen molar-refractivity contribution in [2.75, 3.05) is 0 Å². The molecule has 76 valence electrons. The minimum absolute atomic E-state index is 0.0278. The molecule has 5 heteroatoms. The Morgan fingerprint density at radius 3 is 2.57 bits per heavy atom. The molecule has 0 aliphatic carbocycles. The van der Waals surface area contributed by atoms with Crippen molar-refractivity contribution in [3.63, 3.8) is 0 Å². The monoisotopic (exact) mass is 215 g/mol. The summed E-state index contributed by atoms with van der Waals surface area (Å²) in [5.74, 6) is -1.20. The number of phenols is 1. The highest BCUT2D eigenvalue weighted by atomic mass is 35.5. The molecule has 0 saturated carbocycles. The molecule has 0 saturated heterocycles. The Morgan fingerprint density at radius 1 is 1.57 bits per heavy atom. The van der Waals surface area contributed by atoms with E-state index >= 15 is 0 Å². The topological polar surface area (TPSA) is 83.6 Å². The van der Waals surface area contributed by atoms with Crippen LogP contribution in [0.15, 0.2) is 18.2 Å². The van der Waals surface area contributed by atoms with E-state index in [4.69, 9.17) is 27.5 Å². The van der Waals surface area contributed by atoms with E-state index in [1.165, 1.54) is 25.1 Å². The molecule has 1 atom stereocenters. The largest absolute Gasteiger partial charge is 0.508 e. The Morgan fingerprint density at radius 2 is 2.14 bits per heavy atom. The smallest absolute Gasteiger partial charge is 0.328 e. The van der Waals surface area contributed by atoms with Crippen LogP contribution in [0, 0.1) is 0 Å². The zero-order valence-corrected chi connectivity index (χ0v) is 8.25. The summed E-state index contributed by atoms with van der Waals surface area (Å²) in [6.45, 7) is 1.34. The summed E-state index contributed by atoms with van der Waals surface area (Å²) in [4.78, 5) is 10.8. The van der Waals surface area contributed by atoms with Gasteiger partial charge in [-0.2, -0.15) is 0 Å². The van der Waals surface area contributed by atoms with Gasteiger partial charge in [0.25, 0.3) is 0 Å². The van der Waals surface area contributed by atoms with Gasteiger partial charge in [-0.1, -0.05) is 17.7 Å². The maximum Gasteiger partial charge on any atom is 0.328 e. The Hall–Kier alpha value is -1.26. The van der Waals surface area contributed by atoms with Crippen LogP contribution in [0.1, 0.15) is 12.5 Å². The Bertz CT molecular complexity index is 376. The number of carbonyl (C=O) groups is 1. The third-order valence-electron chi connectivity index (χ3n) is 1.96. The number of benzene rings is 1. The van der Waals surface area contributed by atoms with Gasteiger partial charge < -0.3 is 15.9 Å². The molecule has 1 aromatic rings. The maximum atomic E-state index is 10.8. The molecular weight excluding hydrogens is 206 g/mol. The molecule has 0 aliphatic heterocycles. The van der Waals surface area contributed by atoms with Crippen LogP contribution in [-0.2, 0) is 10.3 Å². The number of aromatic hydroxyl groups is 1. The van der Waals surface area contributed by atoms with E-state index in [-0.39, 0.29) is 16.3 Å². The van der Waals surface area contributed by atoms with E-state index in [0.29, 0.717) is 0 Å². The molecule has 0 fully saturated rings. The lowest BCUT2D eigenvalue weighted by Gasteiger charge is -2.20. The Balaban J connectivity index is 3.26. The van der Waals surface area contributed by atoms with Crippen LogP contribution in [0.3, 0.4) is 0 Å². The van der Waals surface area contributed by atoms with Crippen LogP contribution in [0.4, 0.5) is 0 Å². The van der Waals surface area contributed by atoms with E-state index in [9.17, 15) is 4.79 Å². The maximum absolute atomic E-state index is 10.8. The number of hydrogen-bond donors (Lipinski definition) is 3. The van der Waals surface area contributed by atoms with E-state index in [0.717, 1.165) is 0 Å². The predicted octanol–water partition coefficient (Wildman–Crippen LogP) is 1.30. The zero-order valence-electron chi connectivity index (χ0n) is 7.49. The molecule has 0 amide bonds. The highest BCUT2D eigenvalue weighted by Gasteiger charge is 2.32. The first-order chi connectivity index (χ1) is 6.35. The third kappa shape index (κ3) is 1.81. The first-order valence-corrected chi connectivity index (χ1v) is 4.24. The van der Waals surface area contributed by atoms with Gasteiger partial charge in [0, 0.05) is 10.6 Å². The van der Waals surface area contributed by atoms with Gasteiger partial charge in [0.2, 0.25) is 0 Å². The highest BCUT2D eigenvalue weighted by molar-refractivity contribution is 6.31. The van der Waals surface area contributed by atoms with Crippen molar-refractivity contribution >= 4 is 17.6 Å². The second-order valence-electron chi connectivity index (χ2n) is 3.17. The molecule has 0 bridgehead atoms. The Kier molecular flexibility index (Phi) is 2.69. The SMILES string of the molecule is C[C@@](N)(C(=O)O)c1ccc(O)cc1Cl. The molecule has 0 heterocycles. The van der Waals surface area contributed by atoms with Crippen LogP contribution in [-0.4, -0.2) is 16.2 Å². The van der Waals surface area contributed by atoms with Gasteiger partial charge in [0.1, 0.15) is 11.3 Å². The molecule has 1 rings (SSSR count). The molecule has 4 nitrogen and oxygen atoms in total. The molecular formula is C9H10ClNO3. The fraction of sp³-hybridized carbons (Fsp3) is 0.222. The summed E-state index contributed by atoms with van der Waals surface area (Å²) in [6, 6.07) is 3.99. The number of aliphatic carboxylic acids is 1. The molecule has 0 radical (unpaired) electrons. The van der Waals surface area contributed by atoms with Crippen molar-refractivity contribution in [2.24, 2.45) is 5.73 Å². The fourth-order valence-electron chi connectivity index (χ4n) is 1.04. The number of phenolic OH excluding ortho intramolecular Hbond substituents is 1. The lowest BCUT2D eigenvalue weighted by Crippen LogP contribution is -2.41. The van der Waals surface area contributed by atoms with Crippen LogP contribution < -0.4 is 5.73 Å². The van der Waals surface area contributed by atoms with E-state index in [1.54, 1.807) is 0 Å². The number of nitrogens with two attached hydrogens (primary N) is 1. The third-order valence-corrected chi connectivity index (χ3v) is 2.27. The first-order valence-electron chi connectivity index (χ1n) is 3.87. The summed E-state index contributed by atoms with van der Waals surface area (Å²) >= 11 is 5.75. The normalized spacial score (nSPS) is 14.8. The number of halogens is 1. The molecule has 14 heavy (non-hydrogen) atoms. The zero-order chi connectivity index (χ0) is 10.9. The van der Waals surface area contributed by atoms with Gasteiger partial charge in [-0.25, -0.2) is 4.79 Å². The number of carboxylic acids is 1. The van der Waals surface area contributed by atoms with E-state index in [1.807, 2.05) is 0 Å². The van der Waals surface area contributed by atoms with Crippen LogP contribution in [0.2, 0.25) is 5.02 Å². The van der Waals surface area contributed by atoms with Crippen molar-refractivity contribution in [3.05, 3.63) is 28.8 Å². The minimum atomic E-state index is -1.55. The van der Waals surface area contributed by atoms with Crippen molar-refractivity contribution in [1.29, 1.82) is 0 Å². The lowest BCUT2D eigenvalue weighted by atomic mass is 9.93. The predicted molar refractivity (Wildman–Crippen MR) is 52.3 cm³/mol. The molecule has 0 spiro atoms. The summed E-state index contributed by atoms with van der Waals surface area (Å²) in [5.41, 5.74) is 4.28. The second kappa shape index (κ2) is 3.48. The summed E-state index contributed by atoms with van der Waals surface area (Å²) in [6.07, 6.45) is 0. The minimum Gasteiger partial charge on any atom is -0.508 e. The van der Waals surface area contributed by atoms with Crippen molar-refractivity contribution in [2.45, 2.75) is 12.5 Å². The fourth-order valence-corrected chi connectivity index (χ4v) is 1.41. The molecule has 4 N–H and O–H groups in total. The summed E-state index contributed by atoms with van der Waals surface area (Å²) < 4.78 is 0. The van der Waals surface area contributed by atoms with Gasteiger partial charge in [-0.05, 0) is 19.1 Å².